The molecule has 7 atom stereocenters. The molecule has 0 heterocycles. The summed E-state index contributed by atoms with van der Waals surface area (Å²) in [6, 6.07) is 5.71. The van der Waals surface area contributed by atoms with Crippen molar-refractivity contribution in [2.45, 2.75) is 146 Å². The summed E-state index contributed by atoms with van der Waals surface area (Å²) in [4.78, 5) is 11.6. The van der Waals surface area contributed by atoms with Crippen LogP contribution in [-0.2, 0) is 11.2 Å². The number of aliphatic carboxylic acids is 1. The Morgan fingerprint density at radius 2 is 1.50 bits per heavy atom. The highest BCUT2D eigenvalue weighted by Crippen LogP contribution is 2.63. The van der Waals surface area contributed by atoms with Gasteiger partial charge in [-0.25, -0.2) is 0 Å². The van der Waals surface area contributed by atoms with Crippen LogP contribution in [-0.4, -0.2) is 51.3 Å². The fourth-order valence-electron chi connectivity index (χ4n) is 9.06. The molecule has 48 heavy (non-hydrogen) atoms. The van der Waals surface area contributed by atoms with Gasteiger partial charge in [-0.05, 0) is 110 Å². The maximum atomic E-state index is 13.8. The van der Waals surface area contributed by atoms with Gasteiger partial charge in [0, 0.05) is 6.42 Å². The van der Waals surface area contributed by atoms with Crippen molar-refractivity contribution >= 4 is 5.97 Å². The second-order valence-electron chi connectivity index (χ2n) is 14.8. The molecule has 3 aliphatic rings. The molecule has 0 saturated heterocycles. The van der Waals surface area contributed by atoms with Crippen molar-refractivity contribution in [3.8, 4) is 5.75 Å². The van der Waals surface area contributed by atoms with Gasteiger partial charge in [-0.3, -0.25) is 4.79 Å². The van der Waals surface area contributed by atoms with E-state index in [-0.39, 0.29) is 23.7 Å². The first kappa shape index (κ1) is 38.6. The normalized spacial score (nSPS) is 28.4. The number of unbranched alkanes of at least 4 members (excludes halogenated alkanes) is 5. The standard InChI is InChI=1S/C35H47F9O4/c1-31-18-16-26-25-13-12-24(45)20-23(25)19-22(29(26)27(31)14-15-28(31)46)10-7-5-3-2-4-6-9-21(30(47)48)11-8-17-32(36,37)33(38,39)34(40,41)35(42,43)44/h12-13,20-22,26-29,45-46H,2-11,14-19H2,1H3,(H,47,48)/t21-,22?,26?,27?,28?,29?,31-/m0/s1. The fraction of sp³-hybridized carbons (Fsp3) is 0.800. The van der Waals surface area contributed by atoms with Crippen molar-refractivity contribution in [3.63, 3.8) is 0 Å². The maximum absolute atomic E-state index is 13.8. The van der Waals surface area contributed by atoms with E-state index in [0.29, 0.717) is 36.5 Å². The number of phenols is 1. The predicted molar refractivity (Wildman–Crippen MR) is 160 cm³/mol. The number of carboxylic acids is 1. The van der Waals surface area contributed by atoms with Gasteiger partial charge in [0.05, 0.1) is 12.0 Å². The van der Waals surface area contributed by atoms with Crippen LogP contribution in [0.1, 0.15) is 120 Å². The minimum absolute atomic E-state index is 0.0411. The second-order valence-corrected chi connectivity index (χ2v) is 14.8. The van der Waals surface area contributed by atoms with Gasteiger partial charge in [-0.2, -0.15) is 39.5 Å². The highest BCUT2D eigenvalue weighted by atomic mass is 19.4. The minimum Gasteiger partial charge on any atom is -0.508 e. The molecule has 0 aromatic heterocycles. The lowest BCUT2D eigenvalue weighted by Crippen LogP contribution is -2.60. The van der Waals surface area contributed by atoms with E-state index in [4.69, 9.17) is 0 Å². The van der Waals surface area contributed by atoms with E-state index < -0.39 is 55.1 Å². The Kier molecular flexibility index (Phi) is 11.7. The number of carbonyl (C=O) groups is 1. The van der Waals surface area contributed by atoms with E-state index in [1.54, 1.807) is 6.07 Å². The molecule has 0 spiro atoms. The number of fused-ring (bicyclic) bond motifs is 5. The van der Waals surface area contributed by atoms with Gasteiger partial charge in [0.25, 0.3) is 0 Å². The summed E-state index contributed by atoms with van der Waals surface area (Å²) in [7, 11) is 0. The van der Waals surface area contributed by atoms with Crippen molar-refractivity contribution in [1.29, 1.82) is 0 Å². The summed E-state index contributed by atoms with van der Waals surface area (Å²) in [6.45, 7) is 2.23. The lowest BCUT2D eigenvalue weighted by atomic mass is 9.52. The molecule has 3 aliphatic carbocycles. The number of rotatable bonds is 16. The Morgan fingerprint density at radius 1 is 0.875 bits per heavy atom. The first-order valence-corrected chi connectivity index (χ1v) is 17.2. The van der Waals surface area contributed by atoms with Crippen molar-refractivity contribution < 1.29 is 59.6 Å². The molecule has 1 aromatic rings. The Morgan fingerprint density at radius 3 is 2.15 bits per heavy atom. The predicted octanol–water partition coefficient (Wildman–Crippen LogP) is 10.3. The zero-order valence-electron chi connectivity index (χ0n) is 27.2. The van der Waals surface area contributed by atoms with E-state index in [1.807, 2.05) is 6.07 Å². The van der Waals surface area contributed by atoms with Gasteiger partial charge in [0.15, 0.2) is 0 Å². The molecule has 4 nitrogen and oxygen atoms in total. The van der Waals surface area contributed by atoms with Crippen molar-refractivity contribution in [1.82, 2.24) is 0 Å². The molecule has 4 rings (SSSR count). The summed E-state index contributed by atoms with van der Waals surface area (Å²) in [6.07, 6.45) is -0.270. The van der Waals surface area contributed by atoms with Crippen LogP contribution < -0.4 is 0 Å². The van der Waals surface area contributed by atoms with Crippen molar-refractivity contribution in [3.05, 3.63) is 29.3 Å². The number of hydrogen-bond donors (Lipinski definition) is 3. The fourth-order valence-corrected chi connectivity index (χ4v) is 9.06. The highest BCUT2D eigenvalue weighted by Gasteiger charge is 2.81. The number of phenolic OH excluding ortho intramolecular Hbond substituents is 1. The first-order chi connectivity index (χ1) is 22.2. The summed E-state index contributed by atoms with van der Waals surface area (Å²) < 4.78 is 118. The average Bonchev–Trinajstić information content (AvgIpc) is 3.29. The molecule has 0 amide bonds. The Hall–Kier alpha value is -2.18. The van der Waals surface area contributed by atoms with Crippen LogP contribution >= 0.6 is 0 Å². The Balaban J connectivity index is 1.20. The highest BCUT2D eigenvalue weighted by molar-refractivity contribution is 5.69. The van der Waals surface area contributed by atoms with E-state index >= 15 is 0 Å². The number of aliphatic hydroxyl groups is 1. The summed E-state index contributed by atoms with van der Waals surface area (Å²) in [5, 5.41) is 30.4. The molecule has 0 aliphatic heterocycles. The van der Waals surface area contributed by atoms with Crippen LogP contribution in [0.3, 0.4) is 0 Å². The summed E-state index contributed by atoms with van der Waals surface area (Å²) in [5.41, 5.74) is 2.45. The van der Waals surface area contributed by atoms with E-state index in [2.05, 4.69) is 13.0 Å². The Labute approximate surface area is 275 Å². The van der Waals surface area contributed by atoms with Gasteiger partial charge in [-0.1, -0.05) is 51.5 Å². The number of aromatic hydroxyl groups is 1. The lowest BCUT2D eigenvalue weighted by Gasteiger charge is -2.53. The van der Waals surface area contributed by atoms with Crippen molar-refractivity contribution in [2.24, 2.45) is 29.1 Å². The number of hydrogen-bond acceptors (Lipinski definition) is 3. The van der Waals surface area contributed by atoms with Crippen LogP contribution in [0.2, 0.25) is 0 Å². The van der Waals surface area contributed by atoms with Crippen LogP contribution in [0.4, 0.5) is 39.5 Å². The lowest BCUT2D eigenvalue weighted by molar-refractivity contribution is -0.396. The van der Waals surface area contributed by atoms with Gasteiger partial charge < -0.3 is 15.3 Å². The zero-order valence-corrected chi connectivity index (χ0v) is 27.2. The first-order valence-electron chi connectivity index (χ1n) is 17.2. The van der Waals surface area contributed by atoms with E-state index in [9.17, 15) is 59.6 Å². The number of carboxylic acid groups (broad SMARTS) is 1. The van der Waals surface area contributed by atoms with Gasteiger partial charge >= 0.3 is 29.9 Å². The quantitative estimate of drug-likeness (QED) is 0.118. The smallest absolute Gasteiger partial charge is 0.460 e. The molecule has 13 heteroatoms. The molecule has 3 N–H and O–H groups in total. The van der Waals surface area contributed by atoms with Gasteiger partial charge in [0.2, 0.25) is 0 Å². The van der Waals surface area contributed by atoms with Crippen molar-refractivity contribution in [2.75, 3.05) is 0 Å². The number of benzene rings is 1. The third-order valence-corrected chi connectivity index (χ3v) is 11.8. The molecule has 274 valence electrons. The third kappa shape index (κ3) is 7.60. The van der Waals surface area contributed by atoms with Crippen LogP contribution in [0.5, 0.6) is 5.75 Å². The van der Waals surface area contributed by atoms with E-state index in [1.165, 1.54) is 11.1 Å². The molecule has 1 aromatic carbocycles. The molecule has 5 unspecified atom stereocenters. The third-order valence-electron chi connectivity index (χ3n) is 11.8. The number of halogens is 9. The van der Waals surface area contributed by atoms with Gasteiger partial charge in [0.1, 0.15) is 5.75 Å². The average molecular weight is 703 g/mol. The largest absolute Gasteiger partial charge is 0.508 e. The van der Waals surface area contributed by atoms with Gasteiger partial charge in [-0.15, -0.1) is 0 Å². The maximum Gasteiger partial charge on any atom is 0.460 e. The minimum atomic E-state index is -6.94. The number of aliphatic hydroxyl groups excluding tert-OH is 1. The summed E-state index contributed by atoms with van der Waals surface area (Å²) in [5.74, 6) is -19.9. The van der Waals surface area contributed by atoms with Crippen LogP contribution in [0.15, 0.2) is 18.2 Å². The van der Waals surface area contributed by atoms with Crippen LogP contribution in [0, 0.1) is 29.1 Å². The van der Waals surface area contributed by atoms with E-state index in [0.717, 1.165) is 64.2 Å². The molecule has 0 radical (unpaired) electrons. The second kappa shape index (κ2) is 14.6. The molecule has 0 bridgehead atoms. The van der Waals surface area contributed by atoms with Crippen LogP contribution in [0.25, 0.3) is 0 Å². The topological polar surface area (TPSA) is 77.8 Å². The molecule has 2 saturated carbocycles. The SMILES string of the molecule is C[C@]12CCC3c4ccc(O)cc4CC(CCCCCCCC[C@@H](CCCC(F)(F)C(F)(F)C(F)(F)C(F)(F)F)C(=O)O)C3C1CCC2O. The molecule has 2 fully saturated rings. The summed E-state index contributed by atoms with van der Waals surface area (Å²) >= 11 is 0. The monoisotopic (exact) mass is 702 g/mol. The zero-order chi connectivity index (χ0) is 35.7. The Bertz CT molecular complexity index is 1250. The molecular weight excluding hydrogens is 655 g/mol. The molecular formula is C35H47F9O4. The number of alkyl halides is 9.